The van der Waals surface area contributed by atoms with Crippen molar-refractivity contribution in [3.05, 3.63) is 11.8 Å². The minimum absolute atomic E-state index is 0.0543. The molecular formula is C21H35N5O. The number of primary amides is 1. The van der Waals surface area contributed by atoms with Gasteiger partial charge in [-0.3, -0.25) is 4.79 Å². The molecule has 2 aliphatic rings. The molecule has 0 atom stereocenters. The van der Waals surface area contributed by atoms with Crippen molar-refractivity contribution in [2.24, 2.45) is 17.6 Å². The molecule has 3 rings (SSSR count). The molecule has 0 aromatic carbocycles. The van der Waals surface area contributed by atoms with Gasteiger partial charge >= 0.3 is 0 Å². The van der Waals surface area contributed by atoms with Crippen LogP contribution in [-0.2, 0) is 0 Å². The van der Waals surface area contributed by atoms with E-state index < -0.39 is 5.91 Å². The summed E-state index contributed by atoms with van der Waals surface area (Å²) in [7, 11) is 0. The van der Waals surface area contributed by atoms with Crippen molar-refractivity contribution in [3.63, 3.8) is 0 Å². The first-order valence-corrected chi connectivity index (χ1v) is 10.5. The zero-order chi connectivity index (χ0) is 19.7. The van der Waals surface area contributed by atoms with E-state index in [2.05, 4.69) is 43.3 Å². The van der Waals surface area contributed by atoms with Gasteiger partial charge in [0.1, 0.15) is 5.82 Å². The Morgan fingerprint density at radius 3 is 2.52 bits per heavy atom. The van der Waals surface area contributed by atoms with Gasteiger partial charge in [0.15, 0.2) is 0 Å². The first-order valence-electron chi connectivity index (χ1n) is 10.5. The van der Waals surface area contributed by atoms with Gasteiger partial charge in [0.25, 0.3) is 5.91 Å². The molecule has 1 aromatic rings. The van der Waals surface area contributed by atoms with Crippen molar-refractivity contribution < 1.29 is 4.79 Å². The summed E-state index contributed by atoms with van der Waals surface area (Å²) in [6.45, 7) is 8.87. The highest BCUT2D eigenvalue weighted by molar-refractivity contribution is 5.97. The van der Waals surface area contributed by atoms with Crippen molar-refractivity contribution >= 4 is 17.7 Å². The van der Waals surface area contributed by atoms with Crippen LogP contribution in [0.15, 0.2) is 6.20 Å². The van der Waals surface area contributed by atoms with Crippen LogP contribution >= 0.6 is 0 Å². The van der Waals surface area contributed by atoms with Crippen LogP contribution in [0, 0.1) is 11.8 Å². The van der Waals surface area contributed by atoms with Gasteiger partial charge in [0.05, 0.1) is 5.56 Å². The first kappa shape index (κ1) is 19.9. The maximum absolute atomic E-state index is 11.9. The van der Waals surface area contributed by atoms with E-state index in [1.165, 1.54) is 25.7 Å². The van der Waals surface area contributed by atoms with E-state index in [0.29, 0.717) is 23.2 Å². The molecule has 1 heterocycles. The van der Waals surface area contributed by atoms with Gasteiger partial charge in [-0.15, -0.1) is 0 Å². The number of rotatable bonds is 8. The van der Waals surface area contributed by atoms with E-state index >= 15 is 0 Å². The maximum atomic E-state index is 11.9. The molecule has 1 amide bonds. The van der Waals surface area contributed by atoms with Crippen LogP contribution in [0.1, 0.15) is 89.4 Å². The molecular weight excluding hydrogens is 338 g/mol. The predicted molar refractivity (Wildman–Crippen MR) is 110 cm³/mol. The second-order valence-electron chi connectivity index (χ2n) is 9.28. The minimum atomic E-state index is -0.495. The van der Waals surface area contributed by atoms with Crippen LogP contribution in [-0.4, -0.2) is 27.0 Å². The Bertz CT molecular complexity index is 675. The van der Waals surface area contributed by atoms with Crippen LogP contribution in [0.4, 0.5) is 11.8 Å². The molecule has 2 fully saturated rings. The zero-order valence-electron chi connectivity index (χ0n) is 17.3. The molecule has 2 saturated carbocycles. The number of nitrogens with one attached hydrogen (secondary N) is 2. The van der Waals surface area contributed by atoms with Gasteiger partial charge in [-0.2, -0.15) is 4.98 Å². The van der Waals surface area contributed by atoms with Crippen molar-refractivity contribution in [3.8, 4) is 0 Å². The third-order valence-corrected chi connectivity index (χ3v) is 6.43. The molecule has 27 heavy (non-hydrogen) atoms. The summed E-state index contributed by atoms with van der Waals surface area (Å²) in [6.07, 6.45) is 10.9. The maximum Gasteiger partial charge on any atom is 0.254 e. The fraction of sp³-hybridized carbons (Fsp3) is 0.762. The van der Waals surface area contributed by atoms with Crippen LogP contribution in [0.25, 0.3) is 0 Å². The third kappa shape index (κ3) is 4.71. The standard InChI is InChI=1S/C21H35N5O/c1-5-10-21(11-8-14(2)9-12-21)26-19-23-13-16(17(22)27)18(24-19)25-20(3,4)15-6-7-15/h13-15H,5-12H2,1-4H3,(H2,22,27)(H2,23,24,25,26). The number of carbonyl (C=O) groups excluding carboxylic acids is 1. The molecule has 6 nitrogen and oxygen atoms in total. The van der Waals surface area contributed by atoms with Gasteiger partial charge in [-0.25, -0.2) is 4.98 Å². The molecule has 1 aromatic heterocycles. The lowest BCUT2D eigenvalue weighted by Gasteiger charge is -2.40. The van der Waals surface area contributed by atoms with Crippen molar-refractivity contribution in [1.29, 1.82) is 0 Å². The highest BCUT2D eigenvalue weighted by Gasteiger charge is 2.39. The molecule has 0 spiro atoms. The number of hydrogen-bond acceptors (Lipinski definition) is 5. The number of amides is 1. The number of hydrogen-bond donors (Lipinski definition) is 3. The Hall–Kier alpha value is -1.85. The largest absolute Gasteiger partial charge is 0.365 e. The lowest BCUT2D eigenvalue weighted by molar-refractivity contribution is 0.100. The highest BCUT2D eigenvalue weighted by atomic mass is 16.1. The predicted octanol–water partition coefficient (Wildman–Crippen LogP) is 4.34. The van der Waals surface area contributed by atoms with E-state index in [1.807, 2.05) is 0 Å². The molecule has 150 valence electrons. The topological polar surface area (TPSA) is 92.9 Å². The Morgan fingerprint density at radius 2 is 1.96 bits per heavy atom. The number of aromatic nitrogens is 2. The highest BCUT2D eigenvalue weighted by Crippen LogP contribution is 2.41. The van der Waals surface area contributed by atoms with Gasteiger partial charge in [0, 0.05) is 17.3 Å². The van der Waals surface area contributed by atoms with Crippen LogP contribution in [0.5, 0.6) is 0 Å². The van der Waals surface area contributed by atoms with Gasteiger partial charge in [-0.1, -0.05) is 20.3 Å². The van der Waals surface area contributed by atoms with Crippen molar-refractivity contribution in [2.45, 2.75) is 90.1 Å². The van der Waals surface area contributed by atoms with Gasteiger partial charge in [0.2, 0.25) is 5.95 Å². The second-order valence-corrected chi connectivity index (χ2v) is 9.28. The van der Waals surface area contributed by atoms with E-state index in [0.717, 1.165) is 31.6 Å². The van der Waals surface area contributed by atoms with Crippen LogP contribution in [0.2, 0.25) is 0 Å². The number of nitrogens with two attached hydrogens (primary N) is 1. The Labute approximate surface area is 163 Å². The summed E-state index contributed by atoms with van der Waals surface area (Å²) in [4.78, 5) is 21.0. The Kier molecular flexibility index (Phi) is 5.63. The van der Waals surface area contributed by atoms with Crippen LogP contribution < -0.4 is 16.4 Å². The normalized spacial score (nSPS) is 25.9. The SMILES string of the molecule is CCCC1(Nc2ncc(C(N)=O)c(NC(C)(C)C3CC3)n2)CCC(C)CC1. The number of carbonyl (C=O) groups is 1. The summed E-state index contributed by atoms with van der Waals surface area (Å²) >= 11 is 0. The smallest absolute Gasteiger partial charge is 0.254 e. The van der Waals surface area contributed by atoms with Crippen molar-refractivity contribution in [2.75, 3.05) is 10.6 Å². The molecule has 0 unspecified atom stereocenters. The molecule has 6 heteroatoms. The van der Waals surface area contributed by atoms with E-state index in [1.54, 1.807) is 6.20 Å². The minimum Gasteiger partial charge on any atom is -0.365 e. The van der Waals surface area contributed by atoms with E-state index in [4.69, 9.17) is 10.7 Å². The molecule has 0 saturated heterocycles. The first-order chi connectivity index (χ1) is 12.7. The lowest BCUT2D eigenvalue weighted by atomic mass is 9.75. The summed E-state index contributed by atoms with van der Waals surface area (Å²) in [5, 5.41) is 7.11. The molecule has 0 radical (unpaired) electrons. The summed E-state index contributed by atoms with van der Waals surface area (Å²) < 4.78 is 0. The summed E-state index contributed by atoms with van der Waals surface area (Å²) in [5.41, 5.74) is 5.87. The molecule has 0 bridgehead atoms. The molecule has 2 aliphatic carbocycles. The Balaban J connectivity index is 1.84. The molecule has 0 aliphatic heterocycles. The molecule has 4 N–H and O–H groups in total. The zero-order valence-corrected chi connectivity index (χ0v) is 17.3. The van der Waals surface area contributed by atoms with Crippen molar-refractivity contribution in [1.82, 2.24) is 9.97 Å². The van der Waals surface area contributed by atoms with Gasteiger partial charge in [-0.05, 0) is 70.6 Å². The fourth-order valence-corrected chi connectivity index (χ4v) is 4.40. The lowest BCUT2D eigenvalue weighted by Crippen LogP contribution is -2.42. The van der Waals surface area contributed by atoms with E-state index in [-0.39, 0.29) is 11.1 Å². The monoisotopic (exact) mass is 373 g/mol. The van der Waals surface area contributed by atoms with E-state index in [9.17, 15) is 4.79 Å². The summed E-state index contributed by atoms with van der Waals surface area (Å²) in [6, 6.07) is 0. The third-order valence-electron chi connectivity index (χ3n) is 6.43. The Morgan fingerprint density at radius 1 is 1.30 bits per heavy atom. The average Bonchev–Trinajstić information content (AvgIpc) is 3.43. The fourth-order valence-electron chi connectivity index (χ4n) is 4.40. The van der Waals surface area contributed by atoms with Gasteiger partial charge < -0.3 is 16.4 Å². The number of anilines is 2. The quantitative estimate of drug-likeness (QED) is 0.630. The number of nitrogens with zero attached hydrogens (tertiary/aromatic N) is 2. The second kappa shape index (κ2) is 7.64. The van der Waals surface area contributed by atoms with Crippen LogP contribution in [0.3, 0.4) is 0 Å². The average molecular weight is 374 g/mol. The summed E-state index contributed by atoms with van der Waals surface area (Å²) in [5.74, 6) is 2.04.